The summed E-state index contributed by atoms with van der Waals surface area (Å²) in [6, 6.07) is 7.02. The summed E-state index contributed by atoms with van der Waals surface area (Å²) < 4.78 is 4.42. The zero-order valence-corrected chi connectivity index (χ0v) is 10.2. The quantitative estimate of drug-likeness (QED) is 0.677. The maximum absolute atomic E-state index is 11.6. The average molecular weight is 265 g/mol. The molecule has 7 heteroatoms. The first-order valence-corrected chi connectivity index (χ1v) is 5.43. The van der Waals surface area contributed by atoms with Gasteiger partial charge in [-0.05, 0) is 29.8 Å². The Morgan fingerprint density at radius 1 is 1.39 bits per heavy atom. The van der Waals surface area contributed by atoms with E-state index in [1.807, 2.05) is 0 Å². The Morgan fingerprint density at radius 3 is 2.72 bits per heavy atom. The van der Waals surface area contributed by atoms with Crippen LogP contribution in [-0.2, 0) is 0 Å². The topological polar surface area (TPSA) is 80.4 Å². The van der Waals surface area contributed by atoms with Gasteiger partial charge in [0.25, 0.3) is 5.91 Å². The lowest BCUT2D eigenvalue weighted by molar-refractivity contribution is 0.0945. The first kappa shape index (κ1) is 12.3. The van der Waals surface area contributed by atoms with E-state index in [0.717, 1.165) is 5.56 Å². The number of hydrazone groups is 1. The van der Waals surface area contributed by atoms with E-state index in [1.54, 1.807) is 31.2 Å². The minimum Gasteiger partial charge on any atom is -0.265 e. The van der Waals surface area contributed by atoms with Gasteiger partial charge in [0.2, 0.25) is 0 Å². The van der Waals surface area contributed by atoms with Crippen molar-refractivity contribution in [3.8, 4) is 0 Å². The van der Waals surface area contributed by atoms with Crippen LogP contribution in [-0.4, -0.2) is 22.4 Å². The second-order valence-corrected chi connectivity index (χ2v) is 3.89. The molecule has 6 nitrogen and oxygen atoms in total. The molecule has 1 aromatic carbocycles. The summed E-state index contributed by atoms with van der Waals surface area (Å²) in [5.41, 5.74) is 3.66. The molecule has 0 aliphatic heterocycles. The Kier molecular flexibility index (Phi) is 3.69. The zero-order valence-electron chi connectivity index (χ0n) is 9.42. The largest absolute Gasteiger partial charge is 0.295 e. The van der Waals surface area contributed by atoms with Crippen molar-refractivity contribution in [3.63, 3.8) is 0 Å². The SMILES string of the molecule is Cc1nonc1C(=O)NN=Cc1ccc(Cl)cc1. The molecular weight excluding hydrogens is 256 g/mol. The highest BCUT2D eigenvalue weighted by molar-refractivity contribution is 6.30. The van der Waals surface area contributed by atoms with Gasteiger partial charge in [-0.3, -0.25) is 4.79 Å². The minimum absolute atomic E-state index is 0.114. The molecule has 0 radical (unpaired) electrons. The molecule has 1 N–H and O–H groups in total. The smallest absolute Gasteiger partial charge is 0.265 e. The van der Waals surface area contributed by atoms with E-state index in [4.69, 9.17) is 11.6 Å². The van der Waals surface area contributed by atoms with Gasteiger partial charge in [0, 0.05) is 5.02 Å². The van der Waals surface area contributed by atoms with Crippen LogP contribution in [0.3, 0.4) is 0 Å². The van der Waals surface area contributed by atoms with Crippen LogP contribution >= 0.6 is 11.6 Å². The molecule has 2 rings (SSSR count). The first-order chi connectivity index (χ1) is 8.66. The van der Waals surface area contributed by atoms with Gasteiger partial charge in [0.15, 0.2) is 5.69 Å². The molecule has 0 saturated carbocycles. The van der Waals surface area contributed by atoms with Crippen molar-refractivity contribution >= 4 is 23.7 Å². The molecule has 0 aliphatic rings. The standard InChI is InChI=1S/C11H9ClN4O2/c1-7-10(16-18-15-7)11(17)14-13-6-8-2-4-9(12)5-3-8/h2-6H,1H3,(H,14,17). The maximum Gasteiger partial charge on any atom is 0.295 e. The Labute approximate surface area is 108 Å². The molecule has 1 aromatic heterocycles. The molecule has 0 saturated heterocycles. The Bertz CT molecular complexity index is 577. The number of aromatic nitrogens is 2. The number of nitrogens with zero attached hydrogens (tertiary/aromatic N) is 3. The zero-order chi connectivity index (χ0) is 13.0. The second kappa shape index (κ2) is 5.42. The van der Waals surface area contributed by atoms with Gasteiger partial charge in [-0.15, -0.1) is 0 Å². The summed E-state index contributed by atoms with van der Waals surface area (Å²) in [7, 11) is 0. The van der Waals surface area contributed by atoms with Crippen molar-refractivity contribution in [2.75, 3.05) is 0 Å². The van der Waals surface area contributed by atoms with Crippen molar-refractivity contribution in [1.82, 2.24) is 15.7 Å². The molecule has 2 aromatic rings. The van der Waals surface area contributed by atoms with E-state index < -0.39 is 5.91 Å². The van der Waals surface area contributed by atoms with E-state index in [0.29, 0.717) is 10.7 Å². The van der Waals surface area contributed by atoms with Crippen LogP contribution in [0.1, 0.15) is 21.7 Å². The van der Waals surface area contributed by atoms with Crippen LogP contribution in [0.4, 0.5) is 0 Å². The molecular formula is C11H9ClN4O2. The van der Waals surface area contributed by atoms with Crippen LogP contribution in [0.5, 0.6) is 0 Å². The van der Waals surface area contributed by atoms with Gasteiger partial charge >= 0.3 is 0 Å². The summed E-state index contributed by atoms with van der Waals surface area (Å²) in [6.07, 6.45) is 1.50. The van der Waals surface area contributed by atoms with Gasteiger partial charge in [0.1, 0.15) is 5.69 Å². The fourth-order valence-electron chi connectivity index (χ4n) is 1.20. The third kappa shape index (κ3) is 2.92. The highest BCUT2D eigenvalue weighted by Crippen LogP contribution is 2.07. The number of carbonyl (C=O) groups is 1. The summed E-state index contributed by atoms with van der Waals surface area (Å²) in [4.78, 5) is 11.6. The molecule has 0 unspecified atom stereocenters. The number of halogens is 1. The van der Waals surface area contributed by atoms with Crippen LogP contribution in [0.25, 0.3) is 0 Å². The summed E-state index contributed by atoms with van der Waals surface area (Å²) in [5.74, 6) is -0.473. The van der Waals surface area contributed by atoms with Crippen LogP contribution in [0.15, 0.2) is 34.0 Å². The highest BCUT2D eigenvalue weighted by Gasteiger charge is 2.13. The third-order valence-electron chi connectivity index (χ3n) is 2.12. The summed E-state index contributed by atoms with van der Waals surface area (Å²) >= 11 is 5.74. The minimum atomic E-state index is -0.473. The normalized spacial score (nSPS) is 10.8. The van der Waals surface area contributed by atoms with E-state index >= 15 is 0 Å². The molecule has 92 valence electrons. The molecule has 0 atom stereocenters. The van der Waals surface area contributed by atoms with E-state index in [1.165, 1.54) is 6.21 Å². The van der Waals surface area contributed by atoms with Crippen molar-refractivity contribution in [3.05, 3.63) is 46.2 Å². The molecule has 0 spiro atoms. The van der Waals surface area contributed by atoms with Crippen LogP contribution in [0.2, 0.25) is 5.02 Å². The Balaban J connectivity index is 1.98. The van der Waals surface area contributed by atoms with Crippen molar-refractivity contribution in [2.24, 2.45) is 5.10 Å². The predicted octanol–water partition coefficient (Wildman–Crippen LogP) is 1.80. The van der Waals surface area contributed by atoms with Gasteiger partial charge in [-0.25, -0.2) is 10.1 Å². The first-order valence-electron chi connectivity index (χ1n) is 5.05. The van der Waals surface area contributed by atoms with Gasteiger partial charge in [-0.1, -0.05) is 28.9 Å². The second-order valence-electron chi connectivity index (χ2n) is 3.45. The van der Waals surface area contributed by atoms with E-state index in [2.05, 4.69) is 25.5 Å². The monoisotopic (exact) mass is 264 g/mol. The van der Waals surface area contributed by atoms with Crippen molar-refractivity contribution < 1.29 is 9.42 Å². The number of nitrogens with one attached hydrogen (secondary N) is 1. The lowest BCUT2D eigenvalue weighted by Crippen LogP contribution is -2.19. The summed E-state index contributed by atoms with van der Waals surface area (Å²) in [6.45, 7) is 1.62. The number of amides is 1. The number of rotatable bonds is 3. The molecule has 0 aliphatic carbocycles. The van der Waals surface area contributed by atoms with Gasteiger partial charge in [0.05, 0.1) is 6.21 Å². The number of benzene rings is 1. The number of aryl methyl sites for hydroxylation is 1. The van der Waals surface area contributed by atoms with E-state index in [-0.39, 0.29) is 5.69 Å². The number of hydrogen-bond donors (Lipinski definition) is 1. The molecule has 18 heavy (non-hydrogen) atoms. The molecule has 0 fully saturated rings. The molecule has 0 bridgehead atoms. The third-order valence-corrected chi connectivity index (χ3v) is 2.37. The van der Waals surface area contributed by atoms with Crippen LogP contribution in [0, 0.1) is 6.92 Å². The fraction of sp³-hybridized carbons (Fsp3) is 0.0909. The Hall–Kier alpha value is -2.21. The van der Waals surface area contributed by atoms with Crippen molar-refractivity contribution in [2.45, 2.75) is 6.92 Å². The predicted molar refractivity (Wildman–Crippen MR) is 65.5 cm³/mol. The van der Waals surface area contributed by atoms with Gasteiger partial charge in [-0.2, -0.15) is 5.10 Å². The van der Waals surface area contributed by atoms with Gasteiger partial charge < -0.3 is 0 Å². The maximum atomic E-state index is 11.6. The summed E-state index contributed by atoms with van der Waals surface area (Å²) in [5, 5.41) is 11.4. The Morgan fingerprint density at radius 2 is 2.11 bits per heavy atom. The lowest BCUT2D eigenvalue weighted by Gasteiger charge is -1.95. The number of carbonyl (C=O) groups excluding carboxylic acids is 1. The molecule has 1 amide bonds. The van der Waals surface area contributed by atoms with E-state index in [9.17, 15) is 4.79 Å². The lowest BCUT2D eigenvalue weighted by atomic mass is 10.2. The number of hydrogen-bond acceptors (Lipinski definition) is 5. The molecule has 1 heterocycles. The van der Waals surface area contributed by atoms with Crippen molar-refractivity contribution in [1.29, 1.82) is 0 Å². The van der Waals surface area contributed by atoms with Crippen LogP contribution < -0.4 is 5.43 Å². The fourth-order valence-corrected chi connectivity index (χ4v) is 1.33. The highest BCUT2D eigenvalue weighted by atomic mass is 35.5. The average Bonchev–Trinajstić information content (AvgIpc) is 2.78.